The molecule has 0 aromatic carbocycles. The average molecular weight is 206 g/mol. The number of nitrogens with zero attached hydrogens (tertiary/aromatic N) is 2. The molecule has 0 fully saturated rings. The number of imidazole rings is 1. The number of carbonyl (C=O) groups is 1. The van der Waals surface area contributed by atoms with Crippen LogP contribution in [0, 0.1) is 0 Å². The zero-order chi connectivity index (χ0) is 11.1. The summed E-state index contributed by atoms with van der Waals surface area (Å²) in [5.41, 5.74) is 0.707. The van der Waals surface area contributed by atoms with Crippen LogP contribution in [-0.2, 0) is 7.05 Å². The lowest BCUT2D eigenvalue weighted by Gasteiger charge is -2.01. The van der Waals surface area contributed by atoms with Gasteiger partial charge < -0.3 is 4.57 Å². The molecule has 0 spiro atoms. The molecule has 82 valence electrons. The molecule has 3 heteroatoms. The van der Waals surface area contributed by atoms with Crippen LogP contribution in [-0.4, -0.2) is 15.3 Å². The summed E-state index contributed by atoms with van der Waals surface area (Å²) in [6.07, 6.45) is 10.0. The van der Waals surface area contributed by atoms with Crippen LogP contribution in [0.15, 0.2) is 25.2 Å². The minimum absolute atomic E-state index is 0.189. The van der Waals surface area contributed by atoms with Gasteiger partial charge in [-0.25, -0.2) is 4.98 Å². The molecular formula is C12H18N2O. The molecular weight excluding hydrogens is 188 g/mol. The van der Waals surface area contributed by atoms with E-state index in [9.17, 15) is 4.79 Å². The van der Waals surface area contributed by atoms with Crippen molar-refractivity contribution < 1.29 is 4.79 Å². The standard InChI is InChI=1S/C12H18N2O/c1-3-4-5-6-7-8-12(15)11-9-13-10-14(11)2/h3,9-10H,1,4-8H2,2H3. The number of rotatable bonds is 7. The van der Waals surface area contributed by atoms with E-state index < -0.39 is 0 Å². The van der Waals surface area contributed by atoms with Crippen molar-refractivity contribution in [3.8, 4) is 0 Å². The molecule has 0 radical (unpaired) electrons. The predicted octanol–water partition coefficient (Wildman–Crippen LogP) is 2.74. The van der Waals surface area contributed by atoms with E-state index in [2.05, 4.69) is 11.6 Å². The van der Waals surface area contributed by atoms with Crippen LogP contribution < -0.4 is 0 Å². The lowest BCUT2D eigenvalue weighted by molar-refractivity contribution is 0.0971. The number of Topliss-reactive ketones (excluding diaryl/α,β-unsaturated/α-hetero) is 1. The second-order valence-electron chi connectivity index (χ2n) is 3.70. The van der Waals surface area contributed by atoms with Crippen LogP contribution in [0.4, 0.5) is 0 Å². The van der Waals surface area contributed by atoms with Crippen molar-refractivity contribution in [2.75, 3.05) is 0 Å². The maximum Gasteiger partial charge on any atom is 0.180 e. The largest absolute Gasteiger partial charge is 0.331 e. The van der Waals surface area contributed by atoms with Gasteiger partial charge in [0.25, 0.3) is 0 Å². The molecule has 0 aliphatic heterocycles. The van der Waals surface area contributed by atoms with E-state index in [1.165, 1.54) is 0 Å². The van der Waals surface area contributed by atoms with Gasteiger partial charge in [0.1, 0.15) is 5.69 Å². The molecule has 0 amide bonds. The van der Waals surface area contributed by atoms with Crippen LogP contribution in [0.2, 0.25) is 0 Å². The van der Waals surface area contributed by atoms with Crippen molar-refractivity contribution in [3.63, 3.8) is 0 Å². The highest BCUT2D eigenvalue weighted by Crippen LogP contribution is 2.08. The number of hydrogen-bond acceptors (Lipinski definition) is 2. The van der Waals surface area contributed by atoms with Gasteiger partial charge in [-0.05, 0) is 19.3 Å². The Morgan fingerprint density at radius 1 is 1.53 bits per heavy atom. The monoisotopic (exact) mass is 206 g/mol. The van der Waals surface area contributed by atoms with Crippen LogP contribution >= 0.6 is 0 Å². The number of ketones is 1. The zero-order valence-corrected chi connectivity index (χ0v) is 9.28. The number of aryl methyl sites for hydroxylation is 1. The Morgan fingerprint density at radius 2 is 2.33 bits per heavy atom. The number of hydrogen-bond donors (Lipinski definition) is 0. The van der Waals surface area contributed by atoms with Gasteiger partial charge in [0.05, 0.1) is 12.5 Å². The fraction of sp³-hybridized carbons (Fsp3) is 0.500. The van der Waals surface area contributed by atoms with Gasteiger partial charge in [0.15, 0.2) is 5.78 Å². The normalized spacial score (nSPS) is 10.2. The summed E-state index contributed by atoms with van der Waals surface area (Å²) in [5.74, 6) is 0.189. The first-order valence-electron chi connectivity index (χ1n) is 5.36. The molecule has 0 aliphatic carbocycles. The third kappa shape index (κ3) is 3.70. The zero-order valence-electron chi connectivity index (χ0n) is 9.28. The molecule has 0 N–H and O–H groups in total. The fourth-order valence-corrected chi connectivity index (χ4v) is 1.50. The molecule has 0 bridgehead atoms. The Bertz CT molecular complexity index is 328. The van der Waals surface area contributed by atoms with Crippen LogP contribution in [0.5, 0.6) is 0 Å². The smallest absolute Gasteiger partial charge is 0.180 e. The molecule has 1 heterocycles. The van der Waals surface area contributed by atoms with Crippen LogP contribution in [0.3, 0.4) is 0 Å². The maximum atomic E-state index is 11.7. The van der Waals surface area contributed by atoms with E-state index in [0.29, 0.717) is 12.1 Å². The van der Waals surface area contributed by atoms with Crippen molar-refractivity contribution in [2.24, 2.45) is 7.05 Å². The summed E-state index contributed by atoms with van der Waals surface area (Å²) in [6.45, 7) is 3.67. The number of unbranched alkanes of at least 4 members (excludes halogenated alkanes) is 3. The van der Waals surface area contributed by atoms with E-state index in [1.807, 2.05) is 13.1 Å². The summed E-state index contributed by atoms with van der Waals surface area (Å²) in [7, 11) is 1.85. The summed E-state index contributed by atoms with van der Waals surface area (Å²) in [5, 5.41) is 0. The Balaban J connectivity index is 2.25. The highest BCUT2D eigenvalue weighted by Gasteiger charge is 2.08. The SMILES string of the molecule is C=CCCCCCC(=O)c1cncn1C. The minimum Gasteiger partial charge on any atom is -0.331 e. The summed E-state index contributed by atoms with van der Waals surface area (Å²) in [4.78, 5) is 15.6. The Labute approximate surface area is 90.8 Å². The second kappa shape index (κ2) is 6.17. The molecule has 15 heavy (non-hydrogen) atoms. The highest BCUT2D eigenvalue weighted by molar-refractivity contribution is 5.94. The molecule has 0 atom stereocenters. The van der Waals surface area contributed by atoms with Gasteiger partial charge in [-0.3, -0.25) is 4.79 Å². The van der Waals surface area contributed by atoms with Gasteiger partial charge >= 0.3 is 0 Å². The van der Waals surface area contributed by atoms with Crippen molar-refractivity contribution in [1.29, 1.82) is 0 Å². The van der Waals surface area contributed by atoms with Crippen molar-refractivity contribution in [1.82, 2.24) is 9.55 Å². The van der Waals surface area contributed by atoms with Crippen molar-refractivity contribution in [3.05, 3.63) is 30.9 Å². The first kappa shape index (κ1) is 11.7. The van der Waals surface area contributed by atoms with Gasteiger partial charge in [0, 0.05) is 13.5 Å². The van der Waals surface area contributed by atoms with Gasteiger partial charge in [-0.2, -0.15) is 0 Å². The first-order chi connectivity index (χ1) is 7.25. The summed E-state index contributed by atoms with van der Waals surface area (Å²) >= 11 is 0. The molecule has 0 saturated heterocycles. The van der Waals surface area contributed by atoms with E-state index in [-0.39, 0.29) is 5.78 Å². The van der Waals surface area contributed by atoms with Crippen LogP contribution in [0.25, 0.3) is 0 Å². The topological polar surface area (TPSA) is 34.9 Å². The number of carbonyl (C=O) groups excluding carboxylic acids is 1. The molecule has 3 nitrogen and oxygen atoms in total. The Morgan fingerprint density at radius 3 is 2.93 bits per heavy atom. The third-order valence-corrected chi connectivity index (χ3v) is 2.41. The number of aromatic nitrogens is 2. The predicted molar refractivity (Wildman–Crippen MR) is 60.8 cm³/mol. The quantitative estimate of drug-likeness (QED) is 0.390. The summed E-state index contributed by atoms with van der Waals surface area (Å²) < 4.78 is 1.77. The number of allylic oxidation sites excluding steroid dienone is 1. The minimum atomic E-state index is 0.189. The van der Waals surface area contributed by atoms with E-state index in [1.54, 1.807) is 17.1 Å². The highest BCUT2D eigenvalue weighted by atomic mass is 16.1. The molecule has 0 saturated carbocycles. The van der Waals surface area contributed by atoms with E-state index in [0.717, 1.165) is 25.7 Å². The van der Waals surface area contributed by atoms with Gasteiger partial charge in [-0.15, -0.1) is 6.58 Å². The average Bonchev–Trinajstić information content (AvgIpc) is 2.64. The van der Waals surface area contributed by atoms with Crippen molar-refractivity contribution in [2.45, 2.75) is 32.1 Å². The van der Waals surface area contributed by atoms with Gasteiger partial charge in [0.2, 0.25) is 0 Å². The third-order valence-electron chi connectivity index (χ3n) is 2.41. The molecule has 1 rings (SSSR count). The lowest BCUT2D eigenvalue weighted by Crippen LogP contribution is -2.04. The fourth-order valence-electron chi connectivity index (χ4n) is 1.50. The molecule has 1 aromatic heterocycles. The van der Waals surface area contributed by atoms with Crippen molar-refractivity contribution >= 4 is 5.78 Å². The lowest BCUT2D eigenvalue weighted by atomic mass is 10.1. The van der Waals surface area contributed by atoms with E-state index in [4.69, 9.17) is 0 Å². The second-order valence-corrected chi connectivity index (χ2v) is 3.70. The summed E-state index contributed by atoms with van der Waals surface area (Å²) in [6, 6.07) is 0. The van der Waals surface area contributed by atoms with Gasteiger partial charge in [-0.1, -0.05) is 12.5 Å². The first-order valence-corrected chi connectivity index (χ1v) is 5.36. The Hall–Kier alpha value is -1.38. The Kier molecular flexibility index (Phi) is 4.81. The van der Waals surface area contributed by atoms with Crippen LogP contribution in [0.1, 0.15) is 42.6 Å². The van der Waals surface area contributed by atoms with E-state index >= 15 is 0 Å². The molecule has 1 aromatic rings. The molecule has 0 unspecified atom stereocenters. The maximum absolute atomic E-state index is 11.7. The molecule has 0 aliphatic rings.